The van der Waals surface area contributed by atoms with Gasteiger partial charge >= 0.3 is 0 Å². The van der Waals surface area contributed by atoms with Crippen LogP contribution < -0.4 is 5.32 Å². The summed E-state index contributed by atoms with van der Waals surface area (Å²) < 4.78 is 27.7. The molecule has 0 unspecified atom stereocenters. The number of aromatic nitrogens is 2. The highest BCUT2D eigenvalue weighted by Gasteiger charge is 2.28. The number of carbonyl (C=O) groups excluding carboxylic acids is 1. The molecule has 8 heteroatoms. The molecule has 1 aromatic carbocycles. The molecular formula is C19H26N4O3S. The third-order valence-corrected chi connectivity index (χ3v) is 6.86. The summed E-state index contributed by atoms with van der Waals surface area (Å²) in [7, 11) is -3.15. The van der Waals surface area contributed by atoms with Crippen LogP contribution in [-0.4, -0.2) is 53.1 Å². The highest BCUT2D eigenvalue weighted by molar-refractivity contribution is 7.89. The van der Waals surface area contributed by atoms with Crippen LogP contribution in [0.25, 0.3) is 0 Å². The second-order valence-electron chi connectivity index (χ2n) is 6.89. The molecule has 7 nitrogen and oxygen atoms in total. The zero-order valence-corrected chi connectivity index (χ0v) is 16.4. The number of benzene rings is 1. The molecule has 3 rings (SSSR count). The van der Waals surface area contributed by atoms with E-state index in [1.807, 2.05) is 42.0 Å². The van der Waals surface area contributed by atoms with Gasteiger partial charge in [-0.3, -0.25) is 4.79 Å². The van der Waals surface area contributed by atoms with Gasteiger partial charge in [0, 0.05) is 43.6 Å². The number of imidazole rings is 1. The molecule has 1 aromatic heterocycles. The van der Waals surface area contributed by atoms with Crippen molar-refractivity contribution in [3.63, 3.8) is 0 Å². The van der Waals surface area contributed by atoms with Crippen molar-refractivity contribution in [2.45, 2.75) is 38.8 Å². The summed E-state index contributed by atoms with van der Waals surface area (Å²) in [6, 6.07) is 7.53. The second kappa shape index (κ2) is 8.67. The molecular weight excluding hydrogens is 364 g/mol. The maximum Gasteiger partial charge on any atom is 0.251 e. The molecule has 2 heterocycles. The van der Waals surface area contributed by atoms with Gasteiger partial charge in [0.2, 0.25) is 10.0 Å². The zero-order valence-electron chi connectivity index (χ0n) is 15.5. The first-order chi connectivity index (χ1) is 13.0. The van der Waals surface area contributed by atoms with Crippen LogP contribution in [0.2, 0.25) is 0 Å². The Labute approximate surface area is 160 Å². The lowest BCUT2D eigenvalue weighted by Gasteiger charge is -2.31. The van der Waals surface area contributed by atoms with Crippen LogP contribution in [0.5, 0.6) is 0 Å². The highest BCUT2D eigenvalue weighted by atomic mass is 32.2. The Balaban J connectivity index is 1.51. The minimum absolute atomic E-state index is 0.0104. The van der Waals surface area contributed by atoms with Crippen LogP contribution in [0.15, 0.2) is 43.0 Å². The second-order valence-corrected chi connectivity index (χ2v) is 8.98. The number of nitrogens with one attached hydrogen (secondary N) is 1. The van der Waals surface area contributed by atoms with Crippen molar-refractivity contribution in [1.82, 2.24) is 19.2 Å². The molecule has 1 N–H and O–H groups in total. The molecule has 1 fully saturated rings. The van der Waals surface area contributed by atoms with Crippen LogP contribution in [0, 0.1) is 0 Å². The van der Waals surface area contributed by atoms with Gasteiger partial charge in [-0.25, -0.2) is 17.7 Å². The van der Waals surface area contributed by atoms with Gasteiger partial charge in [0.05, 0.1) is 12.1 Å². The molecule has 0 radical (unpaired) electrons. The summed E-state index contributed by atoms with van der Waals surface area (Å²) in [5.74, 6) is 0.0779. The van der Waals surface area contributed by atoms with Gasteiger partial charge in [-0.05, 0) is 37.0 Å². The third-order valence-electron chi connectivity index (χ3n) is 4.79. The number of hydrogen-bond acceptors (Lipinski definition) is 4. The van der Waals surface area contributed by atoms with Crippen molar-refractivity contribution in [3.05, 3.63) is 54.1 Å². The number of sulfonamides is 1. The van der Waals surface area contributed by atoms with Gasteiger partial charge in [0.15, 0.2) is 0 Å². The molecule has 27 heavy (non-hydrogen) atoms. The lowest BCUT2D eigenvalue weighted by molar-refractivity contribution is 0.0924. The first-order valence-corrected chi connectivity index (χ1v) is 10.9. The summed E-state index contributed by atoms with van der Waals surface area (Å²) >= 11 is 0. The van der Waals surface area contributed by atoms with E-state index in [1.165, 1.54) is 0 Å². The van der Waals surface area contributed by atoms with Crippen molar-refractivity contribution in [3.8, 4) is 0 Å². The topological polar surface area (TPSA) is 84.3 Å². The lowest BCUT2D eigenvalue weighted by atomic mass is 10.1. The van der Waals surface area contributed by atoms with Crippen LogP contribution in [0.1, 0.15) is 42.1 Å². The van der Waals surface area contributed by atoms with Crippen LogP contribution >= 0.6 is 0 Å². The van der Waals surface area contributed by atoms with Gasteiger partial charge < -0.3 is 9.88 Å². The number of rotatable bonds is 7. The fourth-order valence-electron chi connectivity index (χ4n) is 3.29. The van der Waals surface area contributed by atoms with E-state index < -0.39 is 10.0 Å². The van der Waals surface area contributed by atoms with Crippen molar-refractivity contribution < 1.29 is 13.2 Å². The molecule has 0 bridgehead atoms. The molecule has 146 valence electrons. The fraction of sp³-hybridized carbons (Fsp3) is 0.474. The Hall–Kier alpha value is -2.19. The number of hydrogen-bond donors (Lipinski definition) is 1. The average molecular weight is 391 g/mol. The van der Waals surface area contributed by atoms with Crippen LogP contribution in [0.4, 0.5) is 0 Å². The predicted octanol–water partition coefficient (Wildman–Crippen LogP) is 1.87. The minimum Gasteiger partial charge on any atom is -0.349 e. The Morgan fingerprint density at radius 1 is 1.22 bits per heavy atom. The minimum atomic E-state index is -3.15. The van der Waals surface area contributed by atoms with Crippen molar-refractivity contribution in [1.29, 1.82) is 0 Å². The molecule has 1 aliphatic heterocycles. The molecule has 1 aliphatic rings. The normalized spacial score (nSPS) is 16.3. The fourth-order valence-corrected chi connectivity index (χ4v) is 4.83. The highest BCUT2D eigenvalue weighted by Crippen LogP contribution is 2.16. The molecule has 1 saturated heterocycles. The monoisotopic (exact) mass is 390 g/mol. The number of carbonyl (C=O) groups is 1. The van der Waals surface area contributed by atoms with E-state index >= 15 is 0 Å². The standard InChI is InChI=1S/C19H26N4O3S/c1-2-13-27(25,26)23-10-7-18(8-11-23)21-19(24)17-5-3-16(4-6-17)14-22-12-9-20-15-22/h3-6,9,12,15,18H,2,7-8,10-11,13-14H2,1H3,(H,21,24). The van der Waals surface area contributed by atoms with Gasteiger partial charge in [0.25, 0.3) is 5.91 Å². The zero-order chi connectivity index (χ0) is 19.3. The number of nitrogens with zero attached hydrogens (tertiary/aromatic N) is 3. The largest absolute Gasteiger partial charge is 0.349 e. The van der Waals surface area contributed by atoms with E-state index in [0.717, 1.165) is 5.56 Å². The van der Waals surface area contributed by atoms with Gasteiger partial charge in [0.1, 0.15) is 0 Å². The van der Waals surface area contributed by atoms with Gasteiger partial charge in [-0.2, -0.15) is 0 Å². The summed E-state index contributed by atoms with van der Waals surface area (Å²) in [6.45, 7) is 3.52. The average Bonchev–Trinajstić information content (AvgIpc) is 3.16. The molecule has 2 aromatic rings. The van der Waals surface area contributed by atoms with Crippen molar-refractivity contribution in [2.75, 3.05) is 18.8 Å². The van der Waals surface area contributed by atoms with Crippen molar-refractivity contribution >= 4 is 15.9 Å². The van der Waals surface area contributed by atoms with E-state index in [1.54, 1.807) is 16.8 Å². The summed E-state index contributed by atoms with van der Waals surface area (Å²) in [4.78, 5) is 16.5. The smallest absolute Gasteiger partial charge is 0.251 e. The first-order valence-electron chi connectivity index (χ1n) is 9.31. The molecule has 0 saturated carbocycles. The SMILES string of the molecule is CCCS(=O)(=O)N1CCC(NC(=O)c2ccc(Cn3ccnc3)cc2)CC1. The Morgan fingerprint density at radius 2 is 1.93 bits per heavy atom. The van der Waals surface area contributed by atoms with Crippen molar-refractivity contribution in [2.24, 2.45) is 0 Å². The van der Waals surface area contributed by atoms with E-state index in [0.29, 0.717) is 44.5 Å². The van der Waals surface area contributed by atoms with Gasteiger partial charge in [-0.15, -0.1) is 0 Å². The summed E-state index contributed by atoms with van der Waals surface area (Å²) in [5, 5.41) is 3.03. The molecule has 0 atom stereocenters. The first kappa shape index (κ1) is 19.6. The summed E-state index contributed by atoms with van der Waals surface area (Å²) in [6.07, 6.45) is 7.30. The summed E-state index contributed by atoms with van der Waals surface area (Å²) in [5.41, 5.74) is 1.71. The van der Waals surface area contributed by atoms with E-state index in [9.17, 15) is 13.2 Å². The predicted molar refractivity (Wildman–Crippen MR) is 104 cm³/mol. The molecule has 1 amide bonds. The Bertz CT molecular complexity index is 840. The quantitative estimate of drug-likeness (QED) is 0.782. The Kier molecular flexibility index (Phi) is 6.28. The van der Waals surface area contributed by atoms with E-state index in [-0.39, 0.29) is 17.7 Å². The third kappa shape index (κ3) is 5.17. The maximum absolute atomic E-state index is 12.5. The number of amides is 1. The van der Waals surface area contributed by atoms with Gasteiger partial charge in [-0.1, -0.05) is 19.1 Å². The van der Waals surface area contributed by atoms with Crippen LogP contribution in [0.3, 0.4) is 0 Å². The Morgan fingerprint density at radius 3 is 2.52 bits per heavy atom. The molecule has 0 aliphatic carbocycles. The number of piperidine rings is 1. The lowest BCUT2D eigenvalue weighted by Crippen LogP contribution is -2.47. The van der Waals surface area contributed by atoms with E-state index in [4.69, 9.17) is 0 Å². The van der Waals surface area contributed by atoms with E-state index in [2.05, 4.69) is 10.3 Å². The van der Waals surface area contributed by atoms with Crippen LogP contribution in [-0.2, 0) is 16.6 Å². The molecule has 0 spiro atoms. The maximum atomic E-state index is 12.5.